The Hall–Kier alpha value is -0.290. The predicted molar refractivity (Wildman–Crippen MR) is 67.5 cm³/mol. The number of hydrogen-bond acceptors (Lipinski definition) is 2. The summed E-state index contributed by atoms with van der Waals surface area (Å²) in [4.78, 5) is 1.51. The Kier molecular flexibility index (Phi) is 5.92. The Morgan fingerprint density at radius 3 is 2.56 bits per heavy atom. The first-order valence-corrected chi connectivity index (χ1v) is 6.84. The van der Waals surface area contributed by atoms with Crippen molar-refractivity contribution in [2.24, 2.45) is 11.8 Å². The molecule has 1 rings (SSSR count). The third-order valence-corrected chi connectivity index (χ3v) is 4.00. The Labute approximate surface area is 108 Å². The highest BCUT2D eigenvalue weighted by Crippen LogP contribution is 2.22. The summed E-state index contributed by atoms with van der Waals surface area (Å²) in [5.41, 5.74) is 0. The number of nitrogens with zero attached hydrogens (tertiary/aromatic N) is 1. The SMILES string of the molecule is CCC(C)C(C)NCC1CCN(CC(F)(F)F)C1. The lowest BCUT2D eigenvalue weighted by Crippen LogP contribution is -2.37. The quantitative estimate of drug-likeness (QED) is 0.795. The van der Waals surface area contributed by atoms with Crippen LogP contribution in [0.3, 0.4) is 0 Å². The number of halogens is 3. The first-order valence-electron chi connectivity index (χ1n) is 6.84. The molecule has 5 heteroatoms. The molecule has 0 bridgehead atoms. The van der Waals surface area contributed by atoms with Gasteiger partial charge in [-0.15, -0.1) is 0 Å². The highest BCUT2D eigenvalue weighted by molar-refractivity contribution is 4.80. The number of hydrogen-bond donors (Lipinski definition) is 1. The van der Waals surface area contributed by atoms with Gasteiger partial charge in [0, 0.05) is 12.6 Å². The van der Waals surface area contributed by atoms with Crippen LogP contribution in [-0.4, -0.2) is 43.3 Å². The molecule has 2 nitrogen and oxygen atoms in total. The van der Waals surface area contributed by atoms with Crippen LogP contribution in [0.15, 0.2) is 0 Å². The molecular weight excluding hydrogens is 241 g/mol. The average Bonchev–Trinajstić information content (AvgIpc) is 2.69. The zero-order valence-corrected chi connectivity index (χ0v) is 11.6. The molecule has 1 heterocycles. The molecule has 1 fully saturated rings. The van der Waals surface area contributed by atoms with Crippen LogP contribution in [0.25, 0.3) is 0 Å². The van der Waals surface area contributed by atoms with Gasteiger partial charge in [-0.2, -0.15) is 13.2 Å². The van der Waals surface area contributed by atoms with Crippen molar-refractivity contribution in [3.05, 3.63) is 0 Å². The third kappa shape index (κ3) is 5.57. The molecule has 0 amide bonds. The molecule has 0 aromatic heterocycles. The van der Waals surface area contributed by atoms with E-state index in [1.54, 1.807) is 0 Å². The van der Waals surface area contributed by atoms with Gasteiger partial charge in [0.25, 0.3) is 0 Å². The second-order valence-electron chi connectivity index (χ2n) is 5.59. The van der Waals surface area contributed by atoms with Gasteiger partial charge in [0.15, 0.2) is 0 Å². The zero-order valence-electron chi connectivity index (χ0n) is 11.6. The van der Waals surface area contributed by atoms with Crippen LogP contribution >= 0.6 is 0 Å². The molecule has 0 aromatic carbocycles. The molecule has 3 atom stereocenters. The summed E-state index contributed by atoms with van der Waals surface area (Å²) < 4.78 is 36.7. The average molecular weight is 266 g/mol. The van der Waals surface area contributed by atoms with E-state index >= 15 is 0 Å². The van der Waals surface area contributed by atoms with Crippen LogP contribution in [0.1, 0.15) is 33.6 Å². The summed E-state index contributed by atoms with van der Waals surface area (Å²) in [5, 5.41) is 3.45. The van der Waals surface area contributed by atoms with Crippen molar-refractivity contribution in [2.45, 2.75) is 45.8 Å². The van der Waals surface area contributed by atoms with Crippen LogP contribution in [0, 0.1) is 11.8 Å². The standard InChI is InChI=1S/C13H25F3N2/c1-4-10(2)11(3)17-7-12-5-6-18(8-12)9-13(14,15)16/h10-12,17H,4-9H2,1-3H3. The van der Waals surface area contributed by atoms with E-state index in [1.807, 2.05) is 0 Å². The van der Waals surface area contributed by atoms with Crippen LogP contribution in [0.5, 0.6) is 0 Å². The number of likely N-dealkylation sites (tertiary alicyclic amines) is 1. The van der Waals surface area contributed by atoms with E-state index < -0.39 is 12.7 Å². The monoisotopic (exact) mass is 266 g/mol. The van der Waals surface area contributed by atoms with Crippen molar-refractivity contribution in [1.82, 2.24) is 10.2 Å². The molecule has 0 aliphatic carbocycles. The van der Waals surface area contributed by atoms with Crippen LogP contribution < -0.4 is 5.32 Å². The molecule has 1 N–H and O–H groups in total. The van der Waals surface area contributed by atoms with E-state index in [0.717, 1.165) is 19.4 Å². The van der Waals surface area contributed by atoms with E-state index in [-0.39, 0.29) is 0 Å². The maximum atomic E-state index is 12.2. The van der Waals surface area contributed by atoms with Gasteiger partial charge in [0.1, 0.15) is 0 Å². The summed E-state index contributed by atoms with van der Waals surface area (Å²) >= 11 is 0. The summed E-state index contributed by atoms with van der Waals surface area (Å²) in [6.45, 7) is 7.72. The van der Waals surface area contributed by atoms with Gasteiger partial charge in [-0.1, -0.05) is 20.3 Å². The predicted octanol–water partition coefficient (Wildman–Crippen LogP) is 2.89. The van der Waals surface area contributed by atoms with Crippen molar-refractivity contribution in [3.8, 4) is 0 Å². The van der Waals surface area contributed by atoms with E-state index in [0.29, 0.717) is 31.0 Å². The number of nitrogens with one attached hydrogen (secondary N) is 1. The highest BCUT2D eigenvalue weighted by atomic mass is 19.4. The second kappa shape index (κ2) is 6.75. The minimum Gasteiger partial charge on any atom is -0.314 e. The summed E-state index contributed by atoms with van der Waals surface area (Å²) in [5.74, 6) is 0.969. The van der Waals surface area contributed by atoms with Crippen molar-refractivity contribution >= 4 is 0 Å². The van der Waals surface area contributed by atoms with Gasteiger partial charge in [-0.3, -0.25) is 4.90 Å². The number of rotatable bonds is 6. The maximum absolute atomic E-state index is 12.2. The van der Waals surface area contributed by atoms with Crippen molar-refractivity contribution < 1.29 is 13.2 Å². The Morgan fingerprint density at radius 1 is 1.33 bits per heavy atom. The minimum absolute atomic E-state index is 0.360. The smallest absolute Gasteiger partial charge is 0.314 e. The van der Waals surface area contributed by atoms with Crippen molar-refractivity contribution in [1.29, 1.82) is 0 Å². The lowest BCUT2D eigenvalue weighted by Gasteiger charge is -2.22. The molecule has 1 saturated heterocycles. The molecule has 108 valence electrons. The van der Waals surface area contributed by atoms with Gasteiger partial charge in [0.2, 0.25) is 0 Å². The van der Waals surface area contributed by atoms with Crippen LogP contribution in [0.2, 0.25) is 0 Å². The van der Waals surface area contributed by atoms with Crippen LogP contribution in [-0.2, 0) is 0 Å². The zero-order chi connectivity index (χ0) is 13.8. The third-order valence-electron chi connectivity index (χ3n) is 4.00. The van der Waals surface area contributed by atoms with E-state index in [1.165, 1.54) is 4.90 Å². The molecule has 0 aromatic rings. The van der Waals surface area contributed by atoms with E-state index in [9.17, 15) is 13.2 Å². The molecule has 1 aliphatic rings. The van der Waals surface area contributed by atoms with Gasteiger partial charge in [-0.25, -0.2) is 0 Å². The lowest BCUT2D eigenvalue weighted by molar-refractivity contribution is -0.143. The first kappa shape index (κ1) is 15.8. The van der Waals surface area contributed by atoms with Gasteiger partial charge in [-0.05, 0) is 38.3 Å². The second-order valence-corrected chi connectivity index (χ2v) is 5.59. The topological polar surface area (TPSA) is 15.3 Å². The minimum atomic E-state index is -4.06. The molecule has 0 spiro atoms. The van der Waals surface area contributed by atoms with E-state index in [4.69, 9.17) is 0 Å². The largest absolute Gasteiger partial charge is 0.401 e. The lowest BCUT2D eigenvalue weighted by atomic mass is 10.00. The molecule has 18 heavy (non-hydrogen) atoms. The summed E-state index contributed by atoms with van der Waals surface area (Å²) in [7, 11) is 0. The Bertz CT molecular complexity index is 243. The molecule has 0 radical (unpaired) electrons. The molecular formula is C13H25F3N2. The highest BCUT2D eigenvalue weighted by Gasteiger charge is 2.34. The molecule has 1 aliphatic heterocycles. The van der Waals surface area contributed by atoms with Gasteiger partial charge >= 0.3 is 6.18 Å². The maximum Gasteiger partial charge on any atom is 0.401 e. The fourth-order valence-electron chi connectivity index (χ4n) is 2.38. The van der Waals surface area contributed by atoms with Crippen molar-refractivity contribution in [3.63, 3.8) is 0 Å². The van der Waals surface area contributed by atoms with Gasteiger partial charge in [0.05, 0.1) is 6.54 Å². The molecule has 3 unspecified atom stereocenters. The Balaban J connectivity index is 2.22. The fourth-order valence-corrected chi connectivity index (χ4v) is 2.38. The Morgan fingerprint density at radius 2 is 2.00 bits per heavy atom. The van der Waals surface area contributed by atoms with E-state index in [2.05, 4.69) is 26.1 Å². The summed E-state index contributed by atoms with van der Waals surface area (Å²) in [6, 6.07) is 0.437. The molecule has 0 saturated carbocycles. The van der Waals surface area contributed by atoms with Crippen molar-refractivity contribution in [2.75, 3.05) is 26.2 Å². The van der Waals surface area contributed by atoms with Gasteiger partial charge < -0.3 is 5.32 Å². The fraction of sp³-hybridized carbons (Fsp3) is 1.00. The normalized spacial score (nSPS) is 25.3. The summed E-state index contributed by atoms with van der Waals surface area (Å²) in [6.07, 6.45) is -2.07. The number of alkyl halides is 3. The van der Waals surface area contributed by atoms with Crippen LogP contribution in [0.4, 0.5) is 13.2 Å². The first-order chi connectivity index (χ1) is 8.31.